The van der Waals surface area contributed by atoms with Crippen molar-refractivity contribution in [1.29, 1.82) is 0 Å². The van der Waals surface area contributed by atoms with Crippen LogP contribution in [0.5, 0.6) is 11.5 Å². The molecule has 1 amide bonds. The van der Waals surface area contributed by atoms with Gasteiger partial charge < -0.3 is 20.5 Å². The molecular weight excluding hydrogens is 287 g/mol. The topological polar surface area (TPSA) is 73.6 Å². The van der Waals surface area contributed by atoms with Crippen molar-refractivity contribution in [3.05, 3.63) is 23.5 Å². The van der Waals surface area contributed by atoms with E-state index in [1.54, 1.807) is 0 Å². The maximum Gasteiger partial charge on any atom is 0.254 e. The van der Waals surface area contributed by atoms with Crippen LogP contribution >= 0.6 is 12.4 Å². The molecule has 0 spiro atoms. The van der Waals surface area contributed by atoms with E-state index in [-0.39, 0.29) is 23.7 Å². The molecule has 20 heavy (non-hydrogen) atoms. The van der Waals surface area contributed by atoms with Gasteiger partial charge in [-0.2, -0.15) is 0 Å². The maximum absolute atomic E-state index is 13.8. The zero-order valence-electron chi connectivity index (χ0n) is 11.6. The van der Waals surface area contributed by atoms with Gasteiger partial charge >= 0.3 is 0 Å². The molecule has 0 aromatic heterocycles. The number of carbonyl (C=O) groups excluding carboxylic acids is 1. The number of benzene rings is 1. The fourth-order valence-corrected chi connectivity index (χ4v) is 1.59. The van der Waals surface area contributed by atoms with E-state index in [4.69, 9.17) is 15.2 Å². The minimum Gasteiger partial charge on any atom is -0.493 e. The van der Waals surface area contributed by atoms with Gasteiger partial charge in [0.25, 0.3) is 5.91 Å². The van der Waals surface area contributed by atoms with Gasteiger partial charge in [-0.15, -0.1) is 12.4 Å². The molecule has 0 atom stereocenters. The second-order valence-corrected chi connectivity index (χ2v) is 3.94. The smallest absolute Gasteiger partial charge is 0.254 e. The molecule has 0 aliphatic carbocycles. The molecule has 3 N–H and O–H groups in total. The average Bonchev–Trinajstić information content (AvgIpc) is 2.42. The van der Waals surface area contributed by atoms with Crippen LogP contribution < -0.4 is 20.5 Å². The van der Waals surface area contributed by atoms with Gasteiger partial charge in [0.1, 0.15) is 5.82 Å². The normalized spacial score (nSPS) is 9.60. The van der Waals surface area contributed by atoms with Gasteiger partial charge in [-0.3, -0.25) is 4.79 Å². The number of methoxy groups -OCH3 is 2. The van der Waals surface area contributed by atoms with E-state index in [1.165, 1.54) is 20.3 Å². The number of carbonyl (C=O) groups is 1. The number of ether oxygens (including phenoxy) is 2. The van der Waals surface area contributed by atoms with Crippen LogP contribution in [0.2, 0.25) is 0 Å². The summed E-state index contributed by atoms with van der Waals surface area (Å²) in [6.45, 7) is 1.03. The van der Waals surface area contributed by atoms with Gasteiger partial charge in [0.05, 0.1) is 19.8 Å². The predicted molar refractivity (Wildman–Crippen MR) is 77.4 cm³/mol. The molecule has 0 bridgehead atoms. The number of nitrogens with one attached hydrogen (secondary N) is 1. The van der Waals surface area contributed by atoms with E-state index in [1.807, 2.05) is 0 Å². The number of hydrogen-bond donors (Lipinski definition) is 2. The highest BCUT2D eigenvalue weighted by atomic mass is 35.5. The number of halogens is 2. The molecule has 0 fully saturated rings. The van der Waals surface area contributed by atoms with Crippen LogP contribution in [-0.2, 0) is 0 Å². The predicted octanol–water partition coefficient (Wildman–Crippen LogP) is 1.73. The van der Waals surface area contributed by atoms with Crippen LogP contribution in [0, 0.1) is 5.82 Å². The lowest BCUT2D eigenvalue weighted by molar-refractivity contribution is 0.0948. The van der Waals surface area contributed by atoms with Crippen molar-refractivity contribution < 1.29 is 18.7 Å². The summed E-state index contributed by atoms with van der Waals surface area (Å²) in [5.74, 6) is -0.555. The Hall–Kier alpha value is -1.53. The van der Waals surface area contributed by atoms with E-state index in [9.17, 15) is 9.18 Å². The molecule has 0 saturated carbocycles. The van der Waals surface area contributed by atoms with Crippen molar-refractivity contribution in [3.8, 4) is 11.5 Å². The monoisotopic (exact) mass is 306 g/mol. The minimum atomic E-state index is -0.644. The lowest BCUT2D eigenvalue weighted by atomic mass is 10.1. The summed E-state index contributed by atoms with van der Waals surface area (Å²) in [4.78, 5) is 11.8. The summed E-state index contributed by atoms with van der Waals surface area (Å²) in [6.07, 6.45) is 1.58. The molecule has 114 valence electrons. The van der Waals surface area contributed by atoms with Crippen molar-refractivity contribution in [1.82, 2.24) is 5.32 Å². The molecule has 1 aromatic carbocycles. The maximum atomic E-state index is 13.8. The fourth-order valence-electron chi connectivity index (χ4n) is 1.59. The summed E-state index contributed by atoms with van der Waals surface area (Å²) in [5, 5.41) is 2.63. The van der Waals surface area contributed by atoms with Crippen molar-refractivity contribution in [3.63, 3.8) is 0 Å². The molecule has 0 radical (unpaired) electrons. The lowest BCUT2D eigenvalue weighted by Gasteiger charge is -2.11. The van der Waals surface area contributed by atoms with Crippen LogP contribution in [0.3, 0.4) is 0 Å². The van der Waals surface area contributed by atoms with Crippen LogP contribution in [0.25, 0.3) is 0 Å². The standard InChI is InChI=1S/C13H19FN2O3.ClH/c1-18-11-7-9(10(14)8-12(11)19-2)13(17)16-6-4-3-5-15;/h7-8H,3-6,15H2,1-2H3,(H,16,17);1H. The fraction of sp³-hybridized carbons (Fsp3) is 0.462. The SMILES string of the molecule is COc1cc(F)c(C(=O)NCCCCN)cc1OC.Cl. The van der Waals surface area contributed by atoms with Crippen molar-refractivity contribution in [2.45, 2.75) is 12.8 Å². The molecule has 7 heteroatoms. The van der Waals surface area contributed by atoms with E-state index < -0.39 is 11.7 Å². The first kappa shape index (κ1) is 18.5. The molecule has 0 unspecified atom stereocenters. The second-order valence-electron chi connectivity index (χ2n) is 3.94. The Balaban J connectivity index is 0.00000361. The Morgan fingerprint density at radius 3 is 2.40 bits per heavy atom. The van der Waals surface area contributed by atoms with Crippen molar-refractivity contribution in [2.75, 3.05) is 27.3 Å². The van der Waals surface area contributed by atoms with Crippen LogP contribution in [-0.4, -0.2) is 33.2 Å². The largest absolute Gasteiger partial charge is 0.493 e. The first-order chi connectivity index (χ1) is 9.13. The number of amides is 1. The third kappa shape index (κ3) is 4.86. The highest BCUT2D eigenvalue weighted by Crippen LogP contribution is 2.29. The quantitative estimate of drug-likeness (QED) is 0.753. The molecule has 5 nitrogen and oxygen atoms in total. The first-order valence-corrected chi connectivity index (χ1v) is 6.03. The Kier molecular flexibility index (Phi) is 8.67. The van der Waals surface area contributed by atoms with Gasteiger partial charge in [-0.25, -0.2) is 4.39 Å². The Morgan fingerprint density at radius 2 is 1.85 bits per heavy atom. The van der Waals surface area contributed by atoms with E-state index in [2.05, 4.69) is 5.32 Å². The third-order valence-electron chi connectivity index (χ3n) is 2.63. The Labute approximate surface area is 124 Å². The van der Waals surface area contributed by atoms with E-state index >= 15 is 0 Å². The average molecular weight is 307 g/mol. The molecule has 0 aliphatic rings. The van der Waals surface area contributed by atoms with Crippen molar-refractivity contribution >= 4 is 18.3 Å². The number of rotatable bonds is 7. The molecule has 1 aromatic rings. The molecule has 0 saturated heterocycles. The van der Waals surface area contributed by atoms with Crippen LogP contribution in [0.1, 0.15) is 23.2 Å². The van der Waals surface area contributed by atoms with Gasteiger partial charge in [0.15, 0.2) is 11.5 Å². The minimum absolute atomic E-state index is 0. The molecule has 1 rings (SSSR count). The number of unbranched alkanes of at least 4 members (excludes halogenated alkanes) is 1. The molecule has 0 aliphatic heterocycles. The number of nitrogens with two attached hydrogens (primary N) is 1. The van der Waals surface area contributed by atoms with Crippen LogP contribution in [0.4, 0.5) is 4.39 Å². The summed E-state index contributed by atoms with van der Waals surface area (Å²) < 4.78 is 23.8. The molecular formula is C13H20ClFN2O3. The van der Waals surface area contributed by atoms with Gasteiger partial charge in [-0.05, 0) is 25.5 Å². The number of hydrogen-bond acceptors (Lipinski definition) is 4. The summed E-state index contributed by atoms with van der Waals surface area (Å²) >= 11 is 0. The Bertz CT molecular complexity index is 444. The first-order valence-electron chi connectivity index (χ1n) is 6.03. The summed E-state index contributed by atoms with van der Waals surface area (Å²) in [7, 11) is 2.84. The highest BCUT2D eigenvalue weighted by Gasteiger charge is 2.16. The van der Waals surface area contributed by atoms with Gasteiger partial charge in [-0.1, -0.05) is 0 Å². The zero-order chi connectivity index (χ0) is 14.3. The van der Waals surface area contributed by atoms with E-state index in [0.29, 0.717) is 18.8 Å². The Morgan fingerprint density at radius 1 is 1.25 bits per heavy atom. The van der Waals surface area contributed by atoms with Crippen LogP contribution in [0.15, 0.2) is 12.1 Å². The van der Waals surface area contributed by atoms with E-state index in [0.717, 1.165) is 18.9 Å². The highest BCUT2D eigenvalue weighted by molar-refractivity contribution is 5.95. The van der Waals surface area contributed by atoms with Gasteiger partial charge in [0, 0.05) is 12.6 Å². The lowest BCUT2D eigenvalue weighted by Crippen LogP contribution is -2.25. The summed E-state index contributed by atoms with van der Waals surface area (Å²) in [6, 6.07) is 2.46. The zero-order valence-corrected chi connectivity index (χ0v) is 12.4. The second kappa shape index (κ2) is 9.39. The molecule has 0 heterocycles. The van der Waals surface area contributed by atoms with Gasteiger partial charge in [0.2, 0.25) is 0 Å². The summed E-state index contributed by atoms with van der Waals surface area (Å²) in [5.41, 5.74) is 5.28. The van der Waals surface area contributed by atoms with Crippen molar-refractivity contribution in [2.24, 2.45) is 5.73 Å². The third-order valence-corrected chi connectivity index (χ3v) is 2.63.